The van der Waals surface area contributed by atoms with Gasteiger partial charge in [-0.1, -0.05) is 12.8 Å². The quantitative estimate of drug-likeness (QED) is 0.289. The van der Waals surface area contributed by atoms with Crippen LogP contribution in [0.15, 0.2) is 33.5 Å². The number of ether oxygens (including phenoxy) is 1. The SMILES string of the molecule is CC(C)(C)C(=O)Oc1ccc2c(CC(=O)NCCCCCCO)cc(=O)oc2c1. The molecule has 0 fully saturated rings. The zero-order valence-corrected chi connectivity index (χ0v) is 17.2. The lowest BCUT2D eigenvalue weighted by Crippen LogP contribution is -2.26. The molecule has 1 aromatic heterocycles. The van der Waals surface area contributed by atoms with E-state index < -0.39 is 17.0 Å². The summed E-state index contributed by atoms with van der Waals surface area (Å²) in [5.41, 5.74) is -0.400. The molecule has 158 valence electrons. The van der Waals surface area contributed by atoms with Gasteiger partial charge in [-0.2, -0.15) is 0 Å². The molecule has 1 aromatic carbocycles. The van der Waals surface area contributed by atoms with Gasteiger partial charge in [0.15, 0.2) is 0 Å². The van der Waals surface area contributed by atoms with Gasteiger partial charge in [0.2, 0.25) is 5.91 Å². The van der Waals surface area contributed by atoms with Crippen molar-refractivity contribution in [1.82, 2.24) is 5.32 Å². The Balaban J connectivity index is 2.07. The van der Waals surface area contributed by atoms with Gasteiger partial charge in [-0.3, -0.25) is 9.59 Å². The summed E-state index contributed by atoms with van der Waals surface area (Å²) >= 11 is 0. The average Bonchev–Trinajstić information content (AvgIpc) is 2.63. The number of hydrogen-bond donors (Lipinski definition) is 2. The number of esters is 1. The highest BCUT2D eigenvalue weighted by Crippen LogP contribution is 2.25. The number of carbonyl (C=O) groups excluding carboxylic acids is 2. The molecule has 2 rings (SSSR count). The Bertz CT molecular complexity index is 910. The first-order valence-electron chi connectivity index (χ1n) is 9.87. The minimum Gasteiger partial charge on any atom is -0.426 e. The molecule has 2 N–H and O–H groups in total. The molecule has 0 saturated heterocycles. The van der Waals surface area contributed by atoms with Gasteiger partial charge in [0, 0.05) is 30.7 Å². The third-order valence-electron chi connectivity index (χ3n) is 4.38. The summed E-state index contributed by atoms with van der Waals surface area (Å²) in [6.45, 7) is 5.99. The lowest BCUT2D eigenvalue weighted by Gasteiger charge is -2.16. The van der Waals surface area contributed by atoms with Crippen LogP contribution in [-0.4, -0.2) is 30.1 Å². The van der Waals surface area contributed by atoms with Crippen molar-refractivity contribution in [3.05, 3.63) is 40.2 Å². The molecule has 0 aliphatic heterocycles. The molecule has 0 aliphatic rings. The first-order chi connectivity index (χ1) is 13.7. The van der Waals surface area contributed by atoms with Gasteiger partial charge in [-0.05, 0) is 51.3 Å². The van der Waals surface area contributed by atoms with Crippen molar-refractivity contribution in [2.24, 2.45) is 5.41 Å². The molecule has 0 aliphatic carbocycles. The van der Waals surface area contributed by atoms with Gasteiger partial charge in [0.05, 0.1) is 11.8 Å². The van der Waals surface area contributed by atoms with E-state index in [0.717, 1.165) is 25.7 Å². The second-order valence-corrected chi connectivity index (χ2v) is 8.05. The first-order valence-corrected chi connectivity index (χ1v) is 9.87. The standard InChI is InChI=1S/C22H29NO6/c1-22(2,3)21(27)28-16-8-9-17-15(13-20(26)29-18(17)14-16)12-19(25)23-10-6-4-5-7-11-24/h8-9,13-14,24H,4-7,10-12H2,1-3H3,(H,23,25). The highest BCUT2D eigenvalue weighted by atomic mass is 16.5. The van der Waals surface area contributed by atoms with E-state index in [1.165, 1.54) is 12.1 Å². The normalized spacial score (nSPS) is 11.4. The first kappa shape index (κ1) is 22.6. The summed E-state index contributed by atoms with van der Waals surface area (Å²) in [7, 11) is 0. The second-order valence-electron chi connectivity index (χ2n) is 8.05. The van der Waals surface area contributed by atoms with Crippen LogP contribution in [0.25, 0.3) is 11.0 Å². The summed E-state index contributed by atoms with van der Waals surface area (Å²) in [5.74, 6) is -0.291. The summed E-state index contributed by atoms with van der Waals surface area (Å²) in [4.78, 5) is 36.2. The highest BCUT2D eigenvalue weighted by molar-refractivity contribution is 5.88. The predicted octanol–water partition coefficient (Wildman–Crippen LogP) is 2.96. The van der Waals surface area contributed by atoms with Crippen LogP contribution in [-0.2, 0) is 16.0 Å². The van der Waals surface area contributed by atoms with Gasteiger partial charge in [0.25, 0.3) is 0 Å². The average molecular weight is 403 g/mol. The fourth-order valence-electron chi connectivity index (χ4n) is 2.73. The number of amides is 1. The number of hydrogen-bond acceptors (Lipinski definition) is 6. The molecule has 0 spiro atoms. The van der Waals surface area contributed by atoms with Crippen molar-refractivity contribution in [3.8, 4) is 5.75 Å². The maximum atomic E-state index is 12.2. The zero-order chi connectivity index (χ0) is 21.4. The van der Waals surface area contributed by atoms with Gasteiger partial charge in [0.1, 0.15) is 11.3 Å². The van der Waals surface area contributed by atoms with Crippen LogP contribution in [0.4, 0.5) is 0 Å². The lowest BCUT2D eigenvalue weighted by atomic mass is 9.97. The largest absolute Gasteiger partial charge is 0.426 e. The van der Waals surface area contributed by atoms with E-state index in [1.807, 2.05) is 0 Å². The number of unbranched alkanes of at least 4 members (excludes halogenated alkanes) is 3. The fourth-order valence-corrected chi connectivity index (χ4v) is 2.73. The summed E-state index contributed by atoms with van der Waals surface area (Å²) < 4.78 is 10.6. The van der Waals surface area contributed by atoms with Crippen LogP contribution in [0, 0.1) is 5.41 Å². The van der Waals surface area contributed by atoms with E-state index in [4.69, 9.17) is 14.3 Å². The van der Waals surface area contributed by atoms with Gasteiger partial charge in [-0.25, -0.2) is 4.79 Å². The maximum Gasteiger partial charge on any atom is 0.336 e. The summed E-state index contributed by atoms with van der Waals surface area (Å²) in [6, 6.07) is 6.10. The molecular weight excluding hydrogens is 374 g/mol. The van der Waals surface area contributed by atoms with Crippen LogP contribution in [0.3, 0.4) is 0 Å². The molecule has 0 bridgehead atoms. The Labute approximate surface area is 170 Å². The Morgan fingerprint density at radius 1 is 1.10 bits per heavy atom. The summed E-state index contributed by atoms with van der Waals surface area (Å²) in [6.07, 6.45) is 3.53. The van der Waals surface area contributed by atoms with Crippen LogP contribution >= 0.6 is 0 Å². The Hall–Kier alpha value is -2.67. The van der Waals surface area contributed by atoms with Gasteiger partial charge < -0.3 is 19.6 Å². The van der Waals surface area contributed by atoms with E-state index in [9.17, 15) is 14.4 Å². The number of nitrogens with one attached hydrogen (secondary N) is 1. The minimum absolute atomic E-state index is 0.0554. The van der Waals surface area contributed by atoms with Crippen molar-refractivity contribution in [2.45, 2.75) is 52.9 Å². The number of aliphatic hydroxyl groups is 1. The highest BCUT2D eigenvalue weighted by Gasteiger charge is 2.24. The molecule has 29 heavy (non-hydrogen) atoms. The van der Waals surface area contributed by atoms with Crippen molar-refractivity contribution in [3.63, 3.8) is 0 Å². The molecule has 2 aromatic rings. The van der Waals surface area contributed by atoms with E-state index in [-0.39, 0.29) is 30.3 Å². The zero-order valence-electron chi connectivity index (χ0n) is 17.2. The molecule has 0 atom stereocenters. The third-order valence-corrected chi connectivity index (χ3v) is 4.38. The third kappa shape index (κ3) is 7.02. The van der Waals surface area contributed by atoms with Crippen LogP contribution in [0.2, 0.25) is 0 Å². The van der Waals surface area contributed by atoms with Crippen LogP contribution in [0.1, 0.15) is 52.0 Å². The molecule has 1 amide bonds. The van der Waals surface area contributed by atoms with E-state index in [1.54, 1.807) is 32.9 Å². The van der Waals surface area contributed by atoms with Crippen molar-refractivity contribution in [1.29, 1.82) is 0 Å². The van der Waals surface area contributed by atoms with Gasteiger partial charge >= 0.3 is 11.6 Å². The summed E-state index contributed by atoms with van der Waals surface area (Å²) in [5, 5.41) is 12.2. The molecular formula is C22H29NO6. The fraction of sp³-hybridized carbons (Fsp3) is 0.500. The predicted molar refractivity (Wildman–Crippen MR) is 110 cm³/mol. The van der Waals surface area contributed by atoms with Crippen LogP contribution < -0.4 is 15.7 Å². The molecule has 0 unspecified atom stereocenters. The van der Waals surface area contributed by atoms with Crippen molar-refractivity contribution < 1.29 is 23.8 Å². The number of aliphatic hydroxyl groups excluding tert-OH is 1. The van der Waals surface area contributed by atoms with Crippen molar-refractivity contribution >= 4 is 22.8 Å². The molecule has 1 heterocycles. The molecule has 0 saturated carbocycles. The monoisotopic (exact) mass is 403 g/mol. The van der Waals surface area contributed by atoms with Crippen LogP contribution in [0.5, 0.6) is 5.75 Å². The van der Waals surface area contributed by atoms with E-state index in [2.05, 4.69) is 5.32 Å². The molecule has 7 nitrogen and oxygen atoms in total. The number of rotatable bonds is 9. The van der Waals surface area contributed by atoms with Gasteiger partial charge in [-0.15, -0.1) is 0 Å². The Morgan fingerprint density at radius 2 is 1.83 bits per heavy atom. The Kier molecular flexibility index (Phi) is 7.96. The molecule has 0 radical (unpaired) electrons. The topological polar surface area (TPSA) is 106 Å². The maximum absolute atomic E-state index is 12.2. The minimum atomic E-state index is -0.659. The Morgan fingerprint density at radius 3 is 2.52 bits per heavy atom. The second kappa shape index (κ2) is 10.2. The van der Waals surface area contributed by atoms with E-state index >= 15 is 0 Å². The van der Waals surface area contributed by atoms with E-state index in [0.29, 0.717) is 17.5 Å². The number of benzene rings is 1. The lowest BCUT2D eigenvalue weighted by molar-refractivity contribution is -0.143. The number of fused-ring (bicyclic) bond motifs is 1. The molecule has 7 heteroatoms. The van der Waals surface area contributed by atoms with Crippen molar-refractivity contribution in [2.75, 3.05) is 13.2 Å². The number of carbonyl (C=O) groups is 2. The smallest absolute Gasteiger partial charge is 0.336 e.